The quantitative estimate of drug-likeness (QED) is 0.203. The standard InChI is InChI=1S/C19H41OSi/c1-3-4-5-6-7-8-9-10-11-12-13-14-15-16-17-18-19-21(2)20/h21H,3-19H2,1-2H3. The summed E-state index contributed by atoms with van der Waals surface area (Å²) >= 11 is 0. The van der Waals surface area contributed by atoms with Crippen molar-refractivity contribution in [1.29, 1.82) is 0 Å². The van der Waals surface area contributed by atoms with E-state index in [1.165, 1.54) is 103 Å². The van der Waals surface area contributed by atoms with Crippen LogP contribution >= 0.6 is 0 Å². The van der Waals surface area contributed by atoms with Gasteiger partial charge in [0.2, 0.25) is 9.04 Å². The van der Waals surface area contributed by atoms with Crippen molar-refractivity contribution in [3.05, 3.63) is 0 Å². The lowest BCUT2D eigenvalue weighted by Crippen LogP contribution is -2.01. The van der Waals surface area contributed by atoms with Gasteiger partial charge in [-0.25, -0.2) is 0 Å². The molecule has 2 heteroatoms. The molecular weight excluding hydrogens is 272 g/mol. The summed E-state index contributed by atoms with van der Waals surface area (Å²) in [4.78, 5) is 11.0. The van der Waals surface area contributed by atoms with Gasteiger partial charge in [0.15, 0.2) is 0 Å². The zero-order chi connectivity index (χ0) is 15.6. The highest BCUT2D eigenvalue weighted by Gasteiger charge is 1.99. The van der Waals surface area contributed by atoms with E-state index in [4.69, 9.17) is 0 Å². The maximum absolute atomic E-state index is 11.0. The fraction of sp³-hybridized carbons (Fsp3) is 1.00. The maximum Gasteiger partial charge on any atom is 0.219 e. The summed E-state index contributed by atoms with van der Waals surface area (Å²) in [7, 11) is -1.51. The number of rotatable bonds is 17. The normalized spacial score (nSPS) is 12.7. The molecule has 0 N–H and O–H groups in total. The molecule has 0 aromatic heterocycles. The van der Waals surface area contributed by atoms with Crippen LogP contribution in [0.1, 0.15) is 110 Å². The first-order valence-electron chi connectivity index (χ1n) is 9.93. The molecule has 0 saturated heterocycles. The Kier molecular flexibility index (Phi) is 18.4. The average molecular weight is 314 g/mol. The molecule has 0 saturated carbocycles. The molecule has 0 aromatic carbocycles. The Morgan fingerprint density at radius 2 is 0.810 bits per heavy atom. The minimum Gasteiger partial charge on any atom is -0.302 e. The first-order valence-corrected chi connectivity index (χ1v) is 12.4. The predicted octanol–water partition coefficient (Wildman–Crippen LogP) is 7.03. The molecule has 0 spiro atoms. The maximum atomic E-state index is 11.0. The Hall–Kier alpha value is 0.177. The fourth-order valence-corrected chi connectivity index (χ4v) is 3.84. The van der Waals surface area contributed by atoms with Crippen LogP contribution in [-0.4, -0.2) is 9.04 Å². The molecule has 0 aromatic rings. The SMILES string of the molecule is CCCCCCCCCCCCCCCCCC[SiH](C)[O]. The van der Waals surface area contributed by atoms with E-state index in [0.717, 1.165) is 6.04 Å². The second kappa shape index (κ2) is 18.2. The third kappa shape index (κ3) is 20.2. The van der Waals surface area contributed by atoms with Gasteiger partial charge in [-0.2, -0.15) is 0 Å². The van der Waals surface area contributed by atoms with Crippen molar-refractivity contribution in [2.24, 2.45) is 0 Å². The second-order valence-electron chi connectivity index (χ2n) is 6.90. The van der Waals surface area contributed by atoms with Crippen LogP contribution in [0.15, 0.2) is 0 Å². The summed E-state index contributed by atoms with van der Waals surface area (Å²) < 4.78 is 0. The zero-order valence-electron chi connectivity index (χ0n) is 15.0. The van der Waals surface area contributed by atoms with Crippen molar-refractivity contribution in [3.63, 3.8) is 0 Å². The van der Waals surface area contributed by atoms with E-state index < -0.39 is 9.04 Å². The van der Waals surface area contributed by atoms with E-state index in [1.807, 2.05) is 6.55 Å². The zero-order valence-corrected chi connectivity index (χ0v) is 16.2. The van der Waals surface area contributed by atoms with Gasteiger partial charge < -0.3 is 4.80 Å². The number of hydrogen-bond donors (Lipinski definition) is 0. The first-order chi connectivity index (χ1) is 10.3. The monoisotopic (exact) mass is 313 g/mol. The van der Waals surface area contributed by atoms with Gasteiger partial charge in [0.25, 0.3) is 0 Å². The summed E-state index contributed by atoms with van der Waals surface area (Å²) in [5.41, 5.74) is 0. The molecule has 1 unspecified atom stereocenters. The molecule has 0 aliphatic rings. The van der Waals surface area contributed by atoms with Gasteiger partial charge >= 0.3 is 0 Å². The van der Waals surface area contributed by atoms with Crippen LogP contribution in [0, 0.1) is 0 Å². The molecule has 0 aliphatic heterocycles. The van der Waals surface area contributed by atoms with Crippen molar-refractivity contribution in [2.75, 3.05) is 0 Å². The summed E-state index contributed by atoms with van der Waals surface area (Å²) in [6, 6.07) is 1.01. The molecule has 0 heterocycles. The van der Waals surface area contributed by atoms with Crippen molar-refractivity contribution in [3.8, 4) is 0 Å². The van der Waals surface area contributed by atoms with Crippen LogP contribution in [0.5, 0.6) is 0 Å². The Morgan fingerprint density at radius 1 is 0.524 bits per heavy atom. The Bertz CT molecular complexity index is 182. The summed E-state index contributed by atoms with van der Waals surface area (Å²) in [6.07, 6.45) is 22.6. The van der Waals surface area contributed by atoms with Crippen molar-refractivity contribution >= 4 is 9.04 Å². The van der Waals surface area contributed by atoms with Gasteiger partial charge in [-0.05, 0) is 12.6 Å². The van der Waals surface area contributed by atoms with Crippen molar-refractivity contribution in [1.82, 2.24) is 0 Å². The average Bonchev–Trinajstić information content (AvgIpc) is 2.46. The van der Waals surface area contributed by atoms with E-state index >= 15 is 0 Å². The molecule has 0 aliphatic carbocycles. The minimum absolute atomic E-state index is 1.01. The van der Waals surface area contributed by atoms with Crippen LogP contribution < -0.4 is 0 Å². The molecule has 0 bridgehead atoms. The van der Waals surface area contributed by atoms with E-state index in [-0.39, 0.29) is 0 Å². The van der Waals surface area contributed by atoms with E-state index in [0.29, 0.717) is 0 Å². The molecule has 127 valence electrons. The highest BCUT2D eigenvalue weighted by atomic mass is 28.3. The van der Waals surface area contributed by atoms with Crippen LogP contribution in [0.2, 0.25) is 12.6 Å². The third-order valence-electron chi connectivity index (χ3n) is 4.46. The molecular formula is C19H41OSi. The number of unbranched alkanes of at least 4 members (excludes halogenated alkanes) is 15. The lowest BCUT2D eigenvalue weighted by molar-refractivity contribution is 0.447. The highest BCUT2D eigenvalue weighted by Crippen LogP contribution is 2.14. The lowest BCUT2D eigenvalue weighted by Gasteiger charge is -2.03. The third-order valence-corrected chi connectivity index (χ3v) is 5.69. The fourth-order valence-electron chi connectivity index (χ4n) is 2.98. The molecule has 0 fully saturated rings. The molecule has 1 atom stereocenters. The van der Waals surface area contributed by atoms with Gasteiger partial charge in [-0.15, -0.1) is 0 Å². The van der Waals surface area contributed by atoms with Crippen molar-refractivity contribution < 1.29 is 4.80 Å². The Morgan fingerprint density at radius 3 is 1.10 bits per heavy atom. The van der Waals surface area contributed by atoms with Gasteiger partial charge in [-0.3, -0.25) is 0 Å². The molecule has 21 heavy (non-hydrogen) atoms. The van der Waals surface area contributed by atoms with E-state index in [2.05, 4.69) is 6.92 Å². The van der Waals surface area contributed by atoms with Gasteiger partial charge in [0.05, 0.1) is 0 Å². The predicted molar refractivity (Wildman–Crippen MR) is 98.1 cm³/mol. The largest absolute Gasteiger partial charge is 0.302 e. The van der Waals surface area contributed by atoms with E-state index in [9.17, 15) is 4.80 Å². The topological polar surface area (TPSA) is 19.9 Å². The smallest absolute Gasteiger partial charge is 0.219 e. The summed E-state index contributed by atoms with van der Waals surface area (Å²) in [5.74, 6) is 0. The van der Waals surface area contributed by atoms with Crippen LogP contribution in [-0.2, 0) is 4.80 Å². The van der Waals surface area contributed by atoms with Crippen LogP contribution in [0.3, 0.4) is 0 Å². The summed E-state index contributed by atoms with van der Waals surface area (Å²) in [5, 5.41) is 0. The van der Waals surface area contributed by atoms with E-state index in [1.54, 1.807) is 0 Å². The highest BCUT2D eigenvalue weighted by molar-refractivity contribution is 6.48. The van der Waals surface area contributed by atoms with Gasteiger partial charge in [0, 0.05) is 0 Å². The lowest BCUT2D eigenvalue weighted by atomic mass is 10.0. The molecule has 0 amide bonds. The van der Waals surface area contributed by atoms with Gasteiger partial charge in [0.1, 0.15) is 0 Å². The second-order valence-corrected chi connectivity index (χ2v) is 9.10. The van der Waals surface area contributed by atoms with Gasteiger partial charge in [-0.1, -0.05) is 110 Å². The molecule has 0 rings (SSSR count). The molecule has 1 nitrogen and oxygen atoms in total. The Balaban J connectivity index is 2.93. The minimum atomic E-state index is -1.51. The number of hydrogen-bond acceptors (Lipinski definition) is 0. The van der Waals surface area contributed by atoms with Crippen LogP contribution in [0.4, 0.5) is 0 Å². The summed E-state index contributed by atoms with van der Waals surface area (Å²) in [6.45, 7) is 4.21. The molecule has 1 radical (unpaired) electrons. The van der Waals surface area contributed by atoms with Crippen LogP contribution in [0.25, 0.3) is 0 Å². The first kappa shape index (κ1) is 21.2. The van der Waals surface area contributed by atoms with Crippen molar-refractivity contribution in [2.45, 2.75) is 122 Å². The Labute approximate surface area is 136 Å².